The standard InChI is InChI=1S/C23H32O2/c1-2-3-4-5-6-7-11-14-23(24)21-15-17-22(18-16-21)25-19-20-12-9-8-10-13-20/h8-10,12-13,15-18,23-24H,2-7,11,14,19H2,1H3. The topological polar surface area (TPSA) is 29.5 Å². The number of hydrogen-bond donors (Lipinski definition) is 1. The van der Waals surface area contributed by atoms with Gasteiger partial charge in [0.15, 0.2) is 0 Å². The molecule has 0 heterocycles. The number of unbranched alkanes of at least 4 members (excludes halogenated alkanes) is 6. The zero-order valence-electron chi connectivity index (χ0n) is 15.5. The first-order chi connectivity index (χ1) is 12.3. The van der Waals surface area contributed by atoms with Gasteiger partial charge in [0, 0.05) is 0 Å². The lowest BCUT2D eigenvalue weighted by Crippen LogP contribution is -1.99. The van der Waals surface area contributed by atoms with Crippen LogP contribution >= 0.6 is 0 Å². The van der Waals surface area contributed by atoms with Crippen molar-refractivity contribution in [3.8, 4) is 5.75 Å². The smallest absolute Gasteiger partial charge is 0.119 e. The SMILES string of the molecule is CCCCCCCCCC(O)c1ccc(OCc2ccccc2)cc1. The molecule has 1 atom stereocenters. The van der Waals surface area contributed by atoms with Crippen molar-refractivity contribution in [3.05, 3.63) is 65.7 Å². The molecule has 0 saturated carbocycles. The highest BCUT2D eigenvalue weighted by molar-refractivity contribution is 5.29. The first kappa shape index (κ1) is 19.5. The Morgan fingerprint density at radius 2 is 1.44 bits per heavy atom. The van der Waals surface area contributed by atoms with Crippen LogP contribution in [0.15, 0.2) is 54.6 Å². The summed E-state index contributed by atoms with van der Waals surface area (Å²) in [5.41, 5.74) is 2.14. The number of aliphatic hydroxyl groups excluding tert-OH is 1. The van der Waals surface area contributed by atoms with Crippen LogP contribution in [0.3, 0.4) is 0 Å². The molecular formula is C23H32O2. The van der Waals surface area contributed by atoms with Crippen molar-refractivity contribution in [1.82, 2.24) is 0 Å². The Bertz CT molecular complexity index is 562. The van der Waals surface area contributed by atoms with Crippen LogP contribution in [-0.4, -0.2) is 5.11 Å². The van der Waals surface area contributed by atoms with E-state index in [4.69, 9.17) is 4.74 Å². The van der Waals surface area contributed by atoms with E-state index in [2.05, 4.69) is 19.1 Å². The van der Waals surface area contributed by atoms with Crippen LogP contribution in [0.1, 0.15) is 75.5 Å². The van der Waals surface area contributed by atoms with Gasteiger partial charge in [0.2, 0.25) is 0 Å². The molecular weight excluding hydrogens is 308 g/mol. The Hall–Kier alpha value is -1.80. The lowest BCUT2D eigenvalue weighted by molar-refractivity contribution is 0.163. The third kappa shape index (κ3) is 7.74. The van der Waals surface area contributed by atoms with Crippen LogP contribution in [-0.2, 0) is 6.61 Å². The van der Waals surface area contributed by atoms with Gasteiger partial charge in [-0.3, -0.25) is 0 Å². The zero-order valence-corrected chi connectivity index (χ0v) is 15.5. The Morgan fingerprint density at radius 3 is 2.12 bits per heavy atom. The Labute approximate surface area is 152 Å². The molecule has 2 aromatic rings. The summed E-state index contributed by atoms with van der Waals surface area (Å²) in [6, 6.07) is 18.0. The van der Waals surface area contributed by atoms with E-state index in [1.807, 2.05) is 42.5 Å². The van der Waals surface area contributed by atoms with Crippen LogP contribution < -0.4 is 4.74 Å². The molecule has 1 N–H and O–H groups in total. The first-order valence-electron chi connectivity index (χ1n) is 9.74. The number of ether oxygens (including phenoxy) is 1. The Balaban J connectivity index is 1.66. The monoisotopic (exact) mass is 340 g/mol. The van der Waals surface area contributed by atoms with E-state index in [0.29, 0.717) is 6.61 Å². The van der Waals surface area contributed by atoms with Crippen LogP contribution in [0.4, 0.5) is 0 Å². The molecule has 2 nitrogen and oxygen atoms in total. The summed E-state index contributed by atoms with van der Waals surface area (Å²) in [7, 11) is 0. The molecule has 25 heavy (non-hydrogen) atoms. The summed E-state index contributed by atoms with van der Waals surface area (Å²) in [5.74, 6) is 0.843. The van der Waals surface area contributed by atoms with E-state index in [-0.39, 0.29) is 6.10 Å². The molecule has 2 aromatic carbocycles. The molecule has 0 aliphatic carbocycles. The number of benzene rings is 2. The molecule has 0 spiro atoms. The number of aliphatic hydroxyl groups is 1. The third-order valence-electron chi connectivity index (χ3n) is 4.59. The fourth-order valence-electron chi connectivity index (χ4n) is 2.99. The Kier molecular flexibility index (Phi) is 9.14. The minimum Gasteiger partial charge on any atom is -0.489 e. The van der Waals surface area contributed by atoms with Crippen LogP contribution in [0.5, 0.6) is 5.75 Å². The van der Waals surface area contributed by atoms with Crippen LogP contribution in [0, 0.1) is 0 Å². The van der Waals surface area contributed by atoms with Gasteiger partial charge in [0.1, 0.15) is 12.4 Å². The predicted molar refractivity (Wildman–Crippen MR) is 105 cm³/mol. The van der Waals surface area contributed by atoms with Gasteiger partial charge >= 0.3 is 0 Å². The molecule has 0 bridgehead atoms. The maximum Gasteiger partial charge on any atom is 0.119 e. The summed E-state index contributed by atoms with van der Waals surface area (Å²) in [5, 5.41) is 10.3. The van der Waals surface area contributed by atoms with Gasteiger partial charge in [-0.05, 0) is 29.7 Å². The minimum absolute atomic E-state index is 0.362. The second-order valence-corrected chi connectivity index (χ2v) is 6.77. The molecule has 136 valence electrons. The molecule has 0 radical (unpaired) electrons. The lowest BCUT2D eigenvalue weighted by Gasteiger charge is -2.12. The fraction of sp³-hybridized carbons (Fsp3) is 0.478. The van der Waals surface area contributed by atoms with Gasteiger partial charge in [0.05, 0.1) is 6.10 Å². The maximum atomic E-state index is 10.3. The van der Waals surface area contributed by atoms with E-state index in [9.17, 15) is 5.11 Å². The number of hydrogen-bond acceptors (Lipinski definition) is 2. The van der Waals surface area contributed by atoms with Gasteiger partial charge < -0.3 is 9.84 Å². The van der Waals surface area contributed by atoms with E-state index in [1.54, 1.807) is 0 Å². The van der Waals surface area contributed by atoms with Gasteiger partial charge in [-0.25, -0.2) is 0 Å². The molecule has 1 unspecified atom stereocenters. The second kappa shape index (κ2) is 11.7. The van der Waals surface area contributed by atoms with Crippen molar-refractivity contribution in [3.63, 3.8) is 0 Å². The van der Waals surface area contributed by atoms with Crippen molar-refractivity contribution < 1.29 is 9.84 Å². The summed E-state index contributed by atoms with van der Waals surface area (Å²) in [4.78, 5) is 0. The number of rotatable bonds is 12. The van der Waals surface area contributed by atoms with E-state index in [0.717, 1.165) is 29.7 Å². The van der Waals surface area contributed by atoms with Crippen LogP contribution in [0.2, 0.25) is 0 Å². The zero-order chi connectivity index (χ0) is 17.7. The average molecular weight is 341 g/mol. The third-order valence-corrected chi connectivity index (χ3v) is 4.59. The van der Waals surface area contributed by atoms with Crippen molar-refractivity contribution in [2.75, 3.05) is 0 Å². The Morgan fingerprint density at radius 1 is 0.800 bits per heavy atom. The minimum atomic E-state index is -0.362. The quantitative estimate of drug-likeness (QED) is 0.450. The first-order valence-corrected chi connectivity index (χ1v) is 9.74. The molecule has 0 aliphatic rings. The van der Waals surface area contributed by atoms with Gasteiger partial charge in [-0.2, -0.15) is 0 Å². The second-order valence-electron chi connectivity index (χ2n) is 6.77. The fourth-order valence-corrected chi connectivity index (χ4v) is 2.99. The molecule has 0 amide bonds. The molecule has 0 fully saturated rings. The molecule has 2 rings (SSSR count). The highest BCUT2D eigenvalue weighted by atomic mass is 16.5. The van der Waals surface area contributed by atoms with Gasteiger partial charge in [0.25, 0.3) is 0 Å². The van der Waals surface area contributed by atoms with E-state index < -0.39 is 0 Å². The van der Waals surface area contributed by atoms with Crippen molar-refractivity contribution in [2.45, 2.75) is 71.0 Å². The lowest BCUT2D eigenvalue weighted by atomic mass is 10.0. The molecule has 0 aromatic heterocycles. The van der Waals surface area contributed by atoms with E-state index >= 15 is 0 Å². The van der Waals surface area contributed by atoms with Crippen molar-refractivity contribution in [1.29, 1.82) is 0 Å². The average Bonchev–Trinajstić information content (AvgIpc) is 2.67. The molecule has 0 aliphatic heterocycles. The molecule has 0 saturated heterocycles. The summed E-state index contributed by atoms with van der Waals surface area (Å²) < 4.78 is 5.79. The predicted octanol–water partition coefficient (Wildman–Crippen LogP) is 6.44. The summed E-state index contributed by atoms with van der Waals surface area (Å²) >= 11 is 0. The van der Waals surface area contributed by atoms with Gasteiger partial charge in [-0.15, -0.1) is 0 Å². The highest BCUT2D eigenvalue weighted by Crippen LogP contribution is 2.23. The largest absolute Gasteiger partial charge is 0.489 e. The normalized spacial score (nSPS) is 12.1. The van der Waals surface area contributed by atoms with Crippen molar-refractivity contribution in [2.24, 2.45) is 0 Å². The van der Waals surface area contributed by atoms with Crippen molar-refractivity contribution >= 4 is 0 Å². The highest BCUT2D eigenvalue weighted by Gasteiger charge is 2.07. The summed E-state index contributed by atoms with van der Waals surface area (Å²) in [6.07, 6.45) is 9.42. The van der Waals surface area contributed by atoms with E-state index in [1.165, 1.54) is 38.5 Å². The summed E-state index contributed by atoms with van der Waals surface area (Å²) in [6.45, 7) is 2.81. The van der Waals surface area contributed by atoms with Gasteiger partial charge in [-0.1, -0.05) is 94.3 Å². The molecule has 2 heteroatoms. The van der Waals surface area contributed by atoms with Crippen LogP contribution in [0.25, 0.3) is 0 Å². The maximum absolute atomic E-state index is 10.3.